The standard InChI is InChI=1S/C17H21N5O5S/c1-13-19-16(22(24)25)12-20(13)9-7-17(23)18-8-11-28(26,27)21-10-6-14-4-2-3-5-15(14)21/h2-5,12H,6-11H2,1H3,(H,18,23). The van der Waals surface area contributed by atoms with Gasteiger partial charge >= 0.3 is 5.82 Å². The number of amides is 1. The number of nitrogens with zero attached hydrogens (tertiary/aromatic N) is 4. The van der Waals surface area contributed by atoms with E-state index in [-0.39, 0.29) is 37.0 Å². The highest BCUT2D eigenvalue weighted by Crippen LogP contribution is 2.29. The van der Waals surface area contributed by atoms with Crippen molar-refractivity contribution in [2.75, 3.05) is 23.1 Å². The van der Waals surface area contributed by atoms with Gasteiger partial charge in [-0.2, -0.15) is 0 Å². The van der Waals surface area contributed by atoms with E-state index in [1.807, 2.05) is 12.1 Å². The molecule has 2 aromatic rings. The normalized spacial score (nSPS) is 13.4. The number of nitro groups is 1. The van der Waals surface area contributed by atoms with Gasteiger partial charge in [0.1, 0.15) is 6.20 Å². The molecule has 0 radical (unpaired) electrons. The average molecular weight is 407 g/mol. The number of fused-ring (bicyclic) bond motifs is 1. The van der Waals surface area contributed by atoms with Crippen molar-refractivity contribution in [3.05, 3.63) is 52.0 Å². The van der Waals surface area contributed by atoms with Crippen LogP contribution in [-0.2, 0) is 27.8 Å². The molecule has 1 amide bonds. The number of aromatic nitrogens is 2. The maximum atomic E-state index is 12.6. The van der Waals surface area contributed by atoms with Gasteiger partial charge < -0.3 is 20.0 Å². The number of sulfonamides is 1. The van der Waals surface area contributed by atoms with E-state index in [1.165, 1.54) is 15.1 Å². The van der Waals surface area contributed by atoms with Crippen molar-refractivity contribution in [1.82, 2.24) is 14.9 Å². The molecule has 2 heterocycles. The predicted octanol–water partition coefficient (Wildman–Crippen LogP) is 0.999. The SMILES string of the molecule is Cc1nc([N+](=O)[O-])cn1CCC(=O)NCCS(=O)(=O)N1CCc2ccccc21. The highest BCUT2D eigenvalue weighted by molar-refractivity contribution is 7.92. The zero-order valence-electron chi connectivity index (χ0n) is 15.4. The number of nitrogens with one attached hydrogen (secondary N) is 1. The minimum absolute atomic E-state index is 0.00287. The largest absolute Gasteiger partial charge is 0.381 e. The summed E-state index contributed by atoms with van der Waals surface area (Å²) in [6.07, 6.45) is 2.02. The molecule has 1 N–H and O–H groups in total. The number of anilines is 1. The number of carbonyl (C=O) groups excluding carboxylic acids is 1. The maximum absolute atomic E-state index is 12.6. The van der Waals surface area contributed by atoms with Gasteiger partial charge in [0, 0.05) is 33.0 Å². The number of carbonyl (C=O) groups is 1. The highest BCUT2D eigenvalue weighted by atomic mass is 32.2. The predicted molar refractivity (Wildman–Crippen MR) is 103 cm³/mol. The number of benzene rings is 1. The molecule has 10 nitrogen and oxygen atoms in total. The Labute approximate surface area is 162 Å². The summed E-state index contributed by atoms with van der Waals surface area (Å²) in [6.45, 7) is 2.26. The van der Waals surface area contributed by atoms with Crippen LogP contribution in [0.5, 0.6) is 0 Å². The first-order valence-electron chi connectivity index (χ1n) is 8.81. The van der Waals surface area contributed by atoms with E-state index in [0.717, 1.165) is 5.56 Å². The van der Waals surface area contributed by atoms with E-state index in [1.54, 1.807) is 19.1 Å². The van der Waals surface area contributed by atoms with E-state index in [2.05, 4.69) is 10.3 Å². The maximum Gasteiger partial charge on any atom is 0.381 e. The number of hydrogen-bond donors (Lipinski definition) is 1. The first kappa shape index (κ1) is 19.8. The molecule has 0 saturated carbocycles. The van der Waals surface area contributed by atoms with Crippen LogP contribution in [0.3, 0.4) is 0 Å². The van der Waals surface area contributed by atoms with Crippen LogP contribution in [0.15, 0.2) is 30.5 Å². The summed E-state index contributed by atoms with van der Waals surface area (Å²) in [5.74, 6) is -0.347. The number of imidazole rings is 1. The lowest BCUT2D eigenvalue weighted by Crippen LogP contribution is -2.37. The zero-order chi connectivity index (χ0) is 20.3. The van der Waals surface area contributed by atoms with Crippen LogP contribution in [0.4, 0.5) is 11.5 Å². The van der Waals surface area contributed by atoms with Crippen LogP contribution in [0.1, 0.15) is 17.8 Å². The molecule has 0 spiro atoms. The molecule has 150 valence electrons. The lowest BCUT2D eigenvalue weighted by Gasteiger charge is -2.19. The van der Waals surface area contributed by atoms with Gasteiger partial charge in [-0.05, 0) is 28.0 Å². The lowest BCUT2D eigenvalue weighted by atomic mass is 10.2. The van der Waals surface area contributed by atoms with Crippen LogP contribution in [0, 0.1) is 17.0 Å². The minimum Gasteiger partial charge on any atom is -0.358 e. The second kappa shape index (κ2) is 7.97. The van der Waals surface area contributed by atoms with E-state index in [4.69, 9.17) is 0 Å². The summed E-state index contributed by atoms with van der Waals surface area (Å²) in [4.78, 5) is 25.9. The van der Waals surface area contributed by atoms with Crippen molar-refractivity contribution in [1.29, 1.82) is 0 Å². The fourth-order valence-electron chi connectivity index (χ4n) is 3.14. The summed E-state index contributed by atoms with van der Waals surface area (Å²) in [5.41, 5.74) is 1.70. The van der Waals surface area contributed by atoms with Gasteiger partial charge in [-0.15, -0.1) is 0 Å². The smallest absolute Gasteiger partial charge is 0.358 e. The Morgan fingerprint density at radius 1 is 1.36 bits per heavy atom. The summed E-state index contributed by atoms with van der Waals surface area (Å²) < 4.78 is 28.0. The van der Waals surface area contributed by atoms with Crippen LogP contribution in [0.2, 0.25) is 0 Å². The molecule has 1 aliphatic heterocycles. The van der Waals surface area contributed by atoms with Gasteiger partial charge in [-0.1, -0.05) is 18.2 Å². The molecule has 0 fully saturated rings. The molecule has 0 saturated heterocycles. The Morgan fingerprint density at radius 2 is 2.11 bits per heavy atom. The summed E-state index contributed by atoms with van der Waals surface area (Å²) in [6, 6.07) is 7.38. The van der Waals surface area contributed by atoms with Crippen LogP contribution < -0.4 is 9.62 Å². The Morgan fingerprint density at radius 3 is 2.82 bits per heavy atom. The van der Waals surface area contributed by atoms with Crippen molar-refractivity contribution in [3.63, 3.8) is 0 Å². The molecule has 0 unspecified atom stereocenters. The average Bonchev–Trinajstić information content (AvgIpc) is 3.24. The monoisotopic (exact) mass is 407 g/mol. The molecule has 0 atom stereocenters. The van der Waals surface area contributed by atoms with Crippen LogP contribution in [0.25, 0.3) is 0 Å². The topological polar surface area (TPSA) is 127 Å². The Hall–Kier alpha value is -2.95. The highest BCUT2D eigenvalue weighted by Gasteiger charge is 2.28. The molecule has 11 heteroatoms. The van der Waals surface area contributed by atoms with Crippen molar-refractivity contribution < 1.29 is 18.1 Å². The van der Waals surface area contributed by atoms with Gasteiger partial charge in [-0.25, -0.2) is 8.42 Å². The molecule has 3 rings (SSSR count). The van der Waals surface area contributed by atoms with Crippen molar-refractivity contribution >= 4 is 27.4 Å². The number of aryl methyl sites for hydroxylation is 2. The Kier molecular flexibility index (Phi) is 5.63. The summed E-state index contributed by atoms with van der Waals surface area (Å²) in [7, 11) is -3.52. The molecule has 1 aromatic carbocycles. The Bertz CT molecular complexity index is 1000. The second-order valence-corrected chi connectivity index (χ2v) is 8.48. The first-order valence-corrected chi connectivity index (χ1v) is 10.4. The molecule has 0 bridgehead atoms. The van der Waals surface area contributed by atoms with E-state index in [0.29, 0.717) is 24.5 Å². The van der Waals surface area contributed by atoms with Crippen LogP contribution >= 0.6 is 0 Å². The van der Waals surface area contributed by atoms with Crippen molar-refractivity contribution in [2.45, 2.75) is 26.3 Å². The summed E-state index contributed by atoms with van der Waals surface area (Å²) in [5, 5.41) is 13.3. The third-order valence-electron chi connectivity index (χ3n) is 4.59. The van der Waals surface area contributed by atoms with Crippen molar-refractivity contribution in [3.8, 4) is 0 Å². The van der Waals surface area contributed by atoms with Gasteiger partial charge in [0.15, 0.2) is 0 Å². The Balaban J connectivity index is 1.48. The molecule has 28 heavy (non-hydrogen) atoms. The first-order chi connectivity index (χ1) is 13.3. The molecule has 0 aliphatic carbocycles. The van der Waals surface area contributed by atoms with E-state index in [9.17, 15) is 23.3 Å². The third-order valence-corrected chi connectivity index (χ3v) is 6.36. The number of hydrogen-bond acceptors (Lipinski definition) is 6. The number of rotatable bonds is 8. The van der Waals surface area contributed by atoms with Crippen molar-refractivity contribution in [2.24, 2.45) is 0 Å². The van der Waals surface area contributed by atoms with Gasteiger partial charge in [-0.3, -0.25) is 9.10 Å². The van der Waals surface area contributed by atoms with Crippen LogP contribution in [-0.4, -0.2) is 47.6 Å². The molecule has 1 aliphatic rings. The van der Waals surface area contributed by atoms with Gasteiger partial charge in [0.2, 0.25) is 21.8 Å². The lowest BCUT2D eigenvalue weighted by molar-refractivity contribution is -0.389. The minimum atomic E-state index is -3.52. The quantitative estimate of drug-likeness (QED) is 0.514. The fourth-order valence-corrected chi connectivity index (χ4v) is 4.57. The zero-order valence-corrected chi connectivity index (χ0v) is 16.2. The van der Waals surface area contributed by atoms with E-state index >= 15 is 0 Å². The molecule has 1 aromatic heterocycles. The molecular formula is C17H21N5O5S. The van der Waals surface area contributed by atoms with E-state index < -0.39 is 14.9 Å². The van der Waals surface area contributed by atoms with Gasteiger partial charge in [0.05, 0.1) is 11.4 Å². The van der Waals surface area contributed by atoms with Gasteiger partial charge in [0.25, 0.3) is 0 Å². The second-order valence-electron chi connectivity index (χ2n) is 6.46. The third kappa shape index (κ3) is 4.30. The summed E-state index contributed by atoms with van der Waals surface area (Å²) >= 11 is 0. The molecular weight excluding hydrogens is 386 g/mol. The fraction of sp³-hybridized carbons (Fsp3) is 0.412. The number of para-hydroxylation sites is 1.